The molecule has 0 atom stereocenters. The highest BCUT2D eigenvalue weighted by molar-refractivity contribution is 6.30. The lowest BCUT2D eigenvalue weighted by molar-refractivity contribution is -0.161. The highest BCUT2D eigenvalue weighted by atomic mass is 16.7. The molecule has 0 N–H and O–H groups in total. The number of esters is 1. The van der Waals surface area contributed by atoms with Crippen LogP contribution in [0.3, 0.4) is 0 Å². The Morgan fingerprint density at radius 1 is 1.00 bits per heavy atom. The van der Waals surface area contributed by atoms with Crippen molar-refractivity contribution >= 4 is 22.7 Å². The number of carbonyl (C=O) groups is 2. The Kier molecular flexibility index (Phi) is 1.76. The molecule has 17 heavy (non-hydrogen) atoms. The van der Waals surface area contributed by atoms with Crippen LogP contribution in [0.5, 0.6) is 5.88 Å². The third kappa shape index (κ3) is 1.29. The average molecular weight is 232 g/mol. The summed E-state index contributed by atoms with van der Waals surface area (Å²) in [5.41, 5.74) is -0.629. The molecule has 0 aliphatic carbocycles. The maximum Gasteiger partial charge on any atom is 0.443 e. The summed E-state index contributed by atoms with van der Waals surface area (Å²) in [6.07, 6.45) is 0. The third-order valence-electron chi connectivity index (χ3n) is 2.27. The van der Waals surface area contributed by atoms with Crippen LogP contribution in [0, 0.1) is 0 Å². The van der Waals surface area contributed by atoms with Gasteiger partial charge in [0.05, 0.1) is 10.8 Å². The average Bonchev–Trinajstić information content (AvgIpc) is 2.46. The third-order valence-corrected chi connectivity index (χ3v) is 2.27. The van der Waals surface area contributed by atoms with Crippen molar-refractivity contribution in [2.45, 2.75) is 0 Å². The monoisotopic (exact) mass is 232 g/mol. The first-order valence-corrected chi connectivity index (χ1v) is 4.63. The minimum Gasteiger partial charge on any atom is -0.397 e. The summed E-state index contributed by atoms with van der Waals surface area (Å²) >= 11 is 0. The molecule has 3 rings (SSSR count). The molecule has 84 valence electrons. The number of benzene rings is 1. The lowest BCUT2D eigenvalue weighted by Crippen LogP contribution is -2.34. The number of carbonyl (C=O) groups excluding carboxylic acids is 2. The Morgan fingerprint density at radius 2 is 1.71 bits per heavy atom. The maximum atomic E-state index is 11.8. The van der Waals surface area contributed by atoms with E-state index in [-0.39, 0.29) is 11.3 Å². The minimum absolute atomic E-state index is 0.129. The van der Waals surface area contributed by atoms with E-state index in [4.69, 9.17) is 4.74 Å². The number of hydrogen-bond acceptors (Lipinski definition) is 6. The van der Waals surface area contributed by atoms with Crippen LogP contribution in [-0.4, -0.2) is 21.9 Å². The number of ether oxygens (including phenoxy) is 1. The standard InChI is InChI=1S/C10H4N2O5/c13-8-6-4-2-1-3-5(6)7-11-12(8)17-10(15)9(14)16-7/h1-4H. The largest absolute Gasteiger partial charge is 0.443 e. The van der Waals surface area contributed by atoms with Crippen LogP contribution in [0.1, 0.15) is 0 Å². The lowest BCUT2D eigenvalue weighted by atomic mass is 10.2. The fourth-order valence-corrected chi connectivity index (χ4v) is 1.52. The van der Waals surface area contributed by atoms with Gasteiger partial charge in [0.25, 0.3) is 5.88 Å². The predicted molar refractivity (Wildman–Crippen MR) is 53.2 cm³/mol. The van der Waals surface area contributed by atoms with Crippen LogP contribution in [0.15, 0.2) is 29.1 Å². The zero-order valence-electron chi connectivity index (χ0n) is 8.25. The van der Waals surface area contributed by atoms with E-state index in [0.29, 0.717) is 10.2 Å². The first-order valence-electron chi connectivity index (χ1n) is 4.63. The number of fused-ring (bicyclic) bond motifs is 4. The molecule has 1 aromatic carbocycles. The van der Waals surface area contributed by atoms with Crippen molar-refractivity contribution in [2.75, 3.05) is 0 Å². The van der Waals surface area contributed by atoms with Crippen LogP contribution < -0.4 is 15.1 Å². The van der Waals surface area contributed by atoms with Crippen molar-refractivity contribution in [1.29, 1.82) is 0 Å². The first kappa shape index (κ1) is 9.52. The van der Waals surface area contributed by atoms with E-state index in [1.807, 2.05) is 0 Å². The molecular weight excluding hydrogens is 228 g/mol. The molecule has 0 saturated heterocycles. The second kappa shape index (κ2) is 3.14. The van der Waals surface area contributed by atoms with Gasteiger partial charge >= 0.3 is 17.5 Å². The lowest BCUT2D eigenvalue weighted by Gasteiger charge is -2.02. The number of hydrogen-bond donors (Lipinski definition) is 0. The SMILES string of the molecule is O=C1Oc2nn(c(=O)c3ccccc23)OC1=O. The Hall–Kier alpha value is -2.70. The van der Waals surface area contributed by atoms with Gasteiger partial charge in [-0.25, -0.2) is 9.59 Å². The van der Waals surface area contributed by atoms with Crippen LogP contribution >= 0.6 is 0 Å². The van der Waals surface area contributed by atoms with Crippen molar-refractivity contribution in [1.82, 2.24) is 9.94 Å². The van der Waals surface area contributed by atoms with E-state index in [0.717, 1.165) is 0 Å². The van der Waals surface area contributed by atoms with Gasteiger partial charge in [-0.3, -0.25) is 4.79 Å². The highest BCUT2D eigenvalue weighted by Crippen LogP contribution is 2.20. The van der Waals surface area contributed by atoms with Gasteiger partial charge in [-0.15, -0.1) is 0 Å². The van der Waals surface area contributed by atoms with Crippen molar-refractivity contribution in [3.8, 4) is 5.88 Å². The number of nitrogens with zero attached hydrogens (tertiary/aromatic N) is 2. The Bertz CT molecular complexity index is 718. The highest BCUT2D eigenvalue weighted by Gasteiger charge is 2.27. The molecule has 0 fully saturated rings. The van der Waals surface area contributed by atoms with Gasteiger partial charge in [0.2, 0.25) is 0 Å². The van der Waals surface area contributed by atoms with Crippen LogP contribution in [-0.2, 0) is 9.59 Å². The topological polar surface area (TPSA) is 87.5 Å². The fraction of sp³-hybridized carbons (Fsp3) is 0. The van der Waals surface area contributed by atoms with Gasteiger partial charge in [0.15, 0.2) is 0 Å². The summed E-state index contributed by atoms with van der Waals surface area (Å²) in [4.78, 5) is 38.9. The molecule has 0 saturated carbocycles. The predicted octanol–water partition coefficient (Wildman–Crippen LogP) is -0.729. The molecule has 0 spiro atoms. The summed E-state index contributed by atoms with van der Waals surface area (Å²) in [5, 5.41) is 4.22. The van der Waals surface area contributed by atoms with Gasteiger partial charge in [-0.2, -0.15) is 0 Å². The van der Waals surface area contributed by atoms with Crippen molar-refractivity contribution in [3.05, 3.63) is 34.6 Å². The Balaban J connectivity index is 2.43. The quantitative estimate of drug-likeness (QED) is 0.439. The smallest absolute Gasteiger partial charge is 0.397 e. The molecule has 7 heteroatoms. The summed E-state index contributed by atoms with van der Waals surface area (Å²) in [7, 11) is 0. The van der Waals surface area contributed by atoms with Gasteiger partial charge in [0, 0.05) is 0 Å². The second-order valence-corrected chi connectivity index (χ2v) is 3.30. The van der Waals surface area contributed by atoms with Gasteiger partial charge < -0.3 is 9.57 Å². The van der Waals surface area contributed by atoms with E-state index in [9.17, 15) is 14.4 Å². The fourth-order valence-electron chi connectivity index (χ4n) is 1.52. The van der Waals surface area contributed by atoms with Crippen LogP contribution in [0.2, 0.25) is 0 Å². The molecule has 2 bridgehead atoms. The van der Waals surface area contributed by atoms with Crippen molar-refractivity contribution in [2.24, 2.45) is 0 Å². The molecule has 7 nitrogen and oxygen atoms in total. The van der Waals surface area contributed by atoms with E-state index >= 15 is 0 Å². The zero-order chi connectivity index (χ0) is 12.0. The van der Waals surface area contributed by atoms with Crippen LogP contribution in [0.25, 0.3) is 10.8 Å². The Labute approximate surface area is 93.1 Å². The van der Waals surface area contributed by atoms with E-state index < -0.39 is 17.5 Å². The molecule has 1 aliphatic heterocycles. The molecule has 0 radical (unpaired) electrons. The number of rotatable bonds is 0. The zero-order valence-corrected chi connectivity index (χ0v) is 8.25. The summed E-state index contributed by atoms with van der Waals surface area (Å²) in [5.74, 6) is -2.63. The summed E-state index contributed by atoms with van der Waals surface area (Å²) in [6, 6.07) is 6.38. The molecule has 0 amide bonds. The van der Waals surface area contributed by atoms with E-state index in [2.05, 4.69) is 9.94 Å². The van der Waals surface area contributed by atoms with Crippen molar-refractivity contribution < 1.29 is 19.2 Å². The molecular formula is C10H4N2O5. The van der Waals surface area contributed by atoms with Crippen molar-refractivity contribution in [3.63, 3.8) is 0 Å². The van der Waals surface area contributed by atoms with Gasteiger partial charge in [-0.1, -0.05) is 17.2 Å². The normalized spacial score (nSPS) is 14.1. The van der Waals surface area contributed by atoms with Crippen LogP contribution in [0.4, 0.5) is 0 Å². The minimum atomic E-state index is -1.29. The van der Waals surface area contributed by atoms with Gasteiger partial charge in [0.1, 0.15) is 0 Å². The molecule has 1 aliphatic rings. The molecule has 2 heterocycles. The Morgan fingerprint density at radius 3 is 2.47 bits per heavy atom. The second-order valence-electron chi connectivity index (χ2n) is 3.30. The molecule has 0 unspecified atom stereocenters. The van der Waals surface area contributed by atoms with E-state index in [1.165, 1.54) is 6.07 Å². The summed E-state index contributed by atoms with van der Waals surface area (Å²) < 4.78 is 4.71. The van der Waals surface area contributed by atoms with E-state index in [1.54, 1.807) is 18.2 Å². The van der Waals surface area contributed by atoms with Gasteiger partial charge in [-0.05, 0) is 17.0 Å². The first-order chi connectivity index (χ1) is 8.16. The summed E-state index contributed by atoms with van der Waals surface area (Å²) in [6.45, 7) is 0. The molecule has 1 aromatic heterocycles. The molecule has 2 aromatic rings. The number of aromatic nitrogens is 2. The maximum absolute atomic E-state index is 11.8.